The molecule has 1 aromatic carbocycles. The summed E-state index contributed by atoms with van der Waals surface area (Å²) in [4.78, 5) is 16.3. The molecule has 23 heavy (non-hydrogen) atoms. The number of carbonyl (C=O) groups is 1. The van der Waals surface area contributed by atoms with Crippen LogP contribution in [0.3, 0.4) is 0 Å². The van der Waals surface area contributed by atoms with E-state index in [1.807, 2.05) is 48.9 Å². The molecule has 0 unspecified atom stereocenters. The van der Waals surface area contributed by atoms with E-state index >= 15 is 0 Å². The smallest absolute Gasteiger partial charge is 0.311 e. The first kappa shape index (κ1) is 15.4. The van der Waals surface area contributed by atoms with Crippen molar-refractivity contribution in [2.75, 3.05) is 0 Å². The van der Waals surface area contributed by atoms with Gasteiger partial charge in [0.25, 0.3) is 0 Å². The van der Waals surface area contributed by atoms with Crippen LogP contribution in [0, 0.1) is 13.8 Å². The van der Waals surface area contributed by atoms with Crippen molar-refractivity contribution in [2.24, 2.45) is 0 Å². The van der Waals surface area contributed by atoms with Crippen molar-refractivity contribution in [2.45, 2.75) is 26.7 Å². The number of para-hydroxylation sites is 1. The van der Waals surface area contributed by atoms with Crippen LogP contribution in [0.5, 0.6) is 5.75 Å². The number of rotatable bonds is 5. The minimum absolute atomic E-state index is 0.193. The number of carbonyl (C=O) groups excluding carboxylic acids is 1. The maximum atomic E-state index is 12.0. The lowest BCUT2D eigenvalue weighted by Crippen LogP contribution is -2.10. The number of esters is 1. The molecule has 0 aliphatic heterocycles. The molecule has 0 aliphatic carbocycles. The van der Waals surface area contributed by atoms with E-state index in [-0.39, 0.29) is 12.4 Å². The van der Waals surface area contributed by atoms with Gasteiger partial charge in [-0.15, -0.1) is 0 Å². The highest BCUT2D eigenvalue weighted by Crippen LogP contribution is 2.23. The van der Waals surface area contributed by atoms with Gasteiger partial charge in [0.05, 0.1) is 6.42 Å². The lowest BCUT2D eigenvalue weighted by atomic mass is 10.1. The molecular weight excluding hydrogens is 312 g/mol. The molecule has 0 radical (unpaired) electrons. The number of thiophene rings is 1. The summed E-state index contributed by atoms with van der Waals surface area (Å²) in [6.45, 7) is 3.83. The molecule has 2 heterocycles. The molecule has 118 valence electrons. The maximum Gasteiger partial charge on any atom is 0.311 e. The number of ether oxygens (including phenoxy) is 1. The third kappa shape index (κ3) is 3.65. The van der Waals surface area contributed by atoms with Crippen LogP contribution >= 0.6 is 11.3 Å². The van der Waals surface area contributed by atoms with Gasteiger partial charge in [0, 0.05) is 17.4 Å². The summed E-state index contributed by atoms with van der Waals surface area (Å²) in [6.07, 6.45) is 0.555. The summed E-state index contributed by atoms with van der Waals surface area (Å²) >= 11 is 1.57. The molecular formula is C17H16N2O3S. The fourth-order valence-electron chi connectivity index (χ4n) is 2.20. The summed E-state index contributed by atoms with van der Waals surface area (Å²) in [7, 11) is 0. The maximum absolute atomic E-state index is 12.0. The number of aryl methyl sites for hydroxylation is 3. The highest BCUT2D eigenvalue weighted by Gasteiger charge is 2.13. The van der Waals surface area contributed by atoms with E-state index < -0.39 is 0 Å². The van der Waals surface area contributed by atoms with Crippen LogP contribution in [-0.4, -0.2) is 16.1 Å². The topological polar surface area (TPSA) is 65.2 Å². The van der Waals surface area contributed by atoms with E-state index in [1.165, 1.54) is 0 Å². The van der Waals surface area contributed by atoms with Crippen molar-refractivity contribution in [3.63, 3.8) is 0 Å². The van der Waals surface area contributed by atoms with Gasteiger partial charge in [-0.2, -0.15) is 16.3 Å². The van der Waals surface area contributed by atoms with Crippen LogP contribution < -0.4 is 4.74 Å². The third-order valence-corrected chi connectivity index (χ3v) is 4.10. The van der Waals surface area contributed by atoms with Crippen LogP contribution in [0.2, 0.25) is 0 Å². The van der Waals surface area contributed by atoms with Crippen LogP contribution in [0.25, 0.3) is 11.4 Å². The lowest BCUT2D eigenvalue weighted by molar-refractivity contribution is -0.134. The van der Waals surface area contributed by atoms with E-state index in [0.29, 0.717) is 23.9 Å². The third-order valence-electron chi connectivity index (χ3n) is 3.42. The van der Waals surface area contributed by atoms with Crippen molar-refractivity contribution < 1.29 is 14.1 Å². The first-order chi connectivity index (χ1) is 11.1. The second kappa shape index (κ2) is 6.75. The average Bonchev–Trinajstić information content (AvgIpc) is 3.19. The Morgan fingerprint density at radius 2 is 2.04 bits per heavy atom. The second-order valence-electron chi connectivity index (χ2n) is 5.22. The van der Waals surface area contributed by atoms with Crippen molar-refractivity contribution in [3.05, 3.63) is 52.0 Å². The second-order valence-corrected chi connectivity index (χ2v) is 6.00. The molecule has 3 aromatic rings. The van der Waals surface area contributed by atoms with Crippen LogP contribution in [0.1, 0.15) is 23.4 Å². The molecule has 6 heteroatoms. The molecule has 2 aromatic heterocycles. The summed E-state index contributed by atoms with van der Waals surface area (Å²) in [6, 6.07) is 7.70. The Labute approximate surface area is 137 Å². The first-order valence-electron chi connectivity index (χ1n) is 7.25. The molecule has 3 rings (SSSR count). The van der Waals surface area contributed by atoms with Gasteiger partial charge in [-0.3, -0.25) is 4.79 Å². The molecule has 0 amide bonds. The normalized spacial score (nSPS) is 10.7. The predicted octanol–water partition coefficient (Wildman–Crippen LogP) is 3.95. The Kier molecular flexibility index (Phi) is 4.52. The molecule has 0 saturated heterocycles. The van der Waals surface area contributed by atoms with E-state index in [0.717, 1.165) is 16.7 Å². The quantitative estimate of drug-likeness (QED) is 0.524. The van der Waals surface area contributed by atoms with E-state index in [1.54, 1.807) is 11.3 Å². The van der Waals surface area contributed by atoms with E-state index in [9.17, 15) is 4.79 Å². The zero-order chi connectivity index (χ0) is 16.2. The summed E-state index contributed by atoms with van der Waals surface area (Å²) in [5.74, 6) is 1.30. The zero-order valence-corrected chi connectivity index (χ0v) is 13.7. The molecule has 0 saturated carbocycles. The van der Waals surface area contributed by atoms with Gasteiger partial charge in [0.1, 0.15) is 5.75 Å². The Morgan fingerprint density at radius 1 is 1.26 bits per heavy atom. The van der Waals surface area contributed by atoms with Crippen molar-refractivity contribution in [1.29, 1.82) is 0 Å². The van der Waals surface area contributed by atoms with Gasteiger partial charge in [0.2, 0.25) is 11.7 Å². The van der Waals surface area contributed by atoms with Gasteiger partial charge >= 0.3 is 5.97 Å². The molecule has 0 N–H and O–H groups in total. The predicted molar refractivity (Wildman–Crippen MR) is 87.5 cm³/mol. The van der Waals surface area contributed by atoms with Crippen molar-refractivity contribution >= 4 is 17.3 Å². The Bertz CT molecular complexity index is 789. The molecule has 0 bridgehead atoms. The summed E-state index contributed by atoms with van der Waals surface area (Å²) in [5, 5.41) is 7.82. The van der Waals surface area contributed by atoms with Gasteiger partial charge in [-0.25, -0.2) is 0 Å². The number of hydrogen-bond donors (Lipinski definition) is 0. The fraction of sp³-hybridized carbons (Fsp3) is 0.235. The van der Waals surface area contributed by atoms with Gasteiger partial charge < -0.3 is 9.26 Å². The van der Waals surface area contributed by atoms with E-state index in [2.05, 4.69) is 10.1 Å². The lowest BCUT2D eigenvalue weighted by Gasteiger charge is -2.09. The Morgan fingerprint density at radius 3 is 2.74 bits per heavy atom. The molecule has 0 fully saturated rings. The van der Waals surface area contributed by atoms with Gasteiger partial charge in [-0.05, 0) is 36.4 Å². The average molecular weight is 328 g/mol. The first-order valence-corrected chi connectivity index (χ1v) is 8.20. The van der Waals surface area contributed by atoms with Crippen LogP contribution in [0.4, 0.5) is 0 Å². The molecule has 5 nitrogen and oxygen atoms in total. The monoisotopic (exact) mass is 328 g/mol. The van der Waals surface area contributed by atoms with Crippen molar-refractivity contribution in [3.8, 4) is 17.1 Å². The van der Waals surface area contributed by atoms with Crippen LogP contribution in [-0.2, 0) is 11.2 Å². The van der Waals surface area contributed by atoms with Crippen LogP contribution in [0.15, 0.2) is 39.5 Å². The fourth-order valence-corrected chi connectivity index (χ4v) is 2.83. The zero-order valence-electron chi connectivity index (χ0n) is 12.9. The molecule has 0 spiro atoms. The SMILES string of the molecule is Cc1cccc(C)c1OC(=O)CCc1nc(-c2ccsc2)no1. The molecule has 0 atom stereocenters. The molecule has 0 aliphatic rings. The number of aromatic nitrogens is 2. The van der Waals surface area contributed by atoms with Gasteiger partial charge in [-0.1, -0.05) is 23.4 Å². The number of nitrogens with zero attached hydrogens (tertiary/aromatic N) is 2. The van der Waals surface area contributed by atoms with E-state index in [4.69, 9.17) is 9.26 Å². The Balaban J connectivity index is 1.59. The highest BCUT2D eigenvalue weighted by molar-refractivity contribution is 7.08. The summed E-state index contributed by atoms with van der Waals surface area (Å²) < 4.78 is 10.6. The minimum atomic E-state index is -0.308. The largest absolute Gasteiger partial charge is 0.426 e. The van der Waals surface area contributed by atoms with Crippen molar-refractivity contribution in [1.82, 2.24) is 10.1 Å². The number of benzene rings is 1. The standard InChI is InChI=1S/C17H16N2O3S/c1-11-4-3-5-12(2)16(11)21-15(20)7-6-14-18-17(19-22-14)13-8-9-23-10-13/h3-5,8-10H,6-7H2,1-2H3. The highest BCUT2D eigenvalue weighted by atomic mass is 32.1. The van der Waals surface area contributed by atoms with Gasteiger partial charge in [0.15, 0.2) is 0 Å². The minimum Gasteiger partial charge on any atom is -0.426 e. The Hall–Kier alpha value is -2.47. The summed E-state index contributed by atoms with van der Waals surface area (Å²) in [5.41, 5.74) is 2.80. The number of hydrogen-bond acceptors (Lipinski definition) is 6.